The standard InChI is InChI=1S/C26H28N4O4/c1-6-17-11-8-10-15(3)22(17)27-25(31)20(7-2)30-26(32)24-21(16(4)34-29-24)23(28-30)18-12-9-13-19(14-18)33-5/h8-14,20H,6-7H2,1-5H3,(H,27,31)/t20-/m1/s1. The number of amides is 1. The monoisotopic (exact) mass is 460 g/mol. The summed E-state index contributed by atoms with van der Waals surface area (Å²) in [5.41, 5.74) is 3.66. The molecule has 4 aromatic rings. The number of nitrogens with one attached hydrogen (secondary N) is 1. The van der Waals surface area contributed by atoms with Gasteiger partial charge in [0.1, 0.15) is 23.2 Å². The summed E-state index contributed by atoms with van der Waals surface area (Å²) in [5, 5.41) is 12.2. The number of hydrogen-bond donors (Lipinski definition) is 1. The number of rotatable bonds is 7. The number of aromatic nitrogens is 3. The molecule has 8 nitrogen and oxygen atoms in total. The lowest BCUT2D eigenvalue weighted by Crippen LogP contribution is -2.35. The van der Waals surface area contributed by atoms with Crippen molar-refractivity contribution in [3.8, 4) is 17.0 Å². The van der Waals surface area contributed by atoms with Crippen LogP contribution in [0.3, 0.4) is 0 Å². The van der Waals surface area contributed by atoms with Gasteiger partial charge in [0.2, 0.25) is 5.91 Å². The van der Waals surface area contributed by atoms with Crippen LogP contribution < -0.4 is 15.6 Å². The molecule has 0 aliphatic carbocycles. The van der Waals surface area contributed by atoms with Crippen molar-refractivity contribution in [3.63, 3.8) is 0 Å². The molecule has 0 aliphatic rings. The number of methoxy groups -OCH3 is 1. The zero-order valence-corrected chi connectivity index (χ0v) is 20.0. The van der Waals surface area contributed by atoms with Crippen molar-refractivity contribution < 1.29 is 14.1 Å². The topological polar surface area (TPSA) is 99.2 Å². The van der Waals surface area contributed by atoms with Crippen molar-refractivity contribution in [2.75, 3.05) is 12.4 Å². The molecule has 34 heavy (non-hydrogen) atoms. The molecular formula is C26H28N4O4. The minimum absolute atomic E-state index is 0.140. The number of benzene rings is 2. The van der Waals surface area contributed by atoms with Crippen molar-refractivity contribution in [1.82, 2.24) is 14.9 Å². The fourth-order valence-corrected chi connectivity index (χ4v) is 4.17. The van der Waals surface area contributed by atoms with Gasteiger partial charge in [0, 0.05) is 11.3 Å². The SMILES string of the molecule is CCc1cccc(C)c1NC(=O)[C@@H](CC)n1nc(-c2cccc(OC)c2)c2c(C)onc2c1=O. The lowest BCUT2D eigenvalue weighted by atomic mass is 10.0. The van der Waals surface area contributed by atoms with Crippen molar-refractivity contribution in [2.45, 2.75) is 46.6 Å². The molecule has 176 valence electrons. The summed E-state index contributed by atoms with van der Waals surface area (Å²) in [7, 11) is 1.58. The molecule has 8 heteroatoms. The summed E-state index contributed by atoms with van der Waals surface area (Å²) < 4.78 is 11.9. The van der Waals surface area contributed by atoms with E-state index < -0.39 is 11.6 Å². The summed E-state index contributed by atoms with van der Waals surface area (Å²) in [6.07, 6.45) is 1.14. The van der Waals surface area contributed by atoms with Crippen LogP contribution in [0.2, 0.25) is 0 Å². The Bertz CT molecular complexity index is 1420. The molecule has 2 aromatic heterocycles. The fraction of sp³-hybridized carbons (Fsp3) is 0.308. The van der Waals surface area contributed by atoms with Crippen LogP contribution in [0.4, 0.5) is 5.69 Å². The van der Waals surface area contributed by atoms with Gasteiger partial charge in [-0.3, -0.25) is 9.59 Å². The maximum absolute atomic E-state index is 13.4. The molecule has 1 atom stereocenters. The molecule has 2 heterocycles. The van der Waals surface area contributed by atoms with E-state index in [9.17, 15) is 9.59 Å². The number of anilines is 1. The first kappa shape index (κ1) is 23.2. The van der Waals surface area contributed by atoms with Crippen LogP contribution in [0.15, 0.2) is 51.8 Å². The Morgan fingerprint density at radius 1 is 1.18 bits per heavy atom. The minimum atomic E-state index is -0.831. The first-order valence-corrected chi connectivity index (χ1v) is 11.3. The van der Waals surface area contributed by atoms with Crippen LogP contribution in [0.1, 0.15) is 43.2 Å². The third-order valence-electron chi connectivity index (χ3n) is 6.03. The maximum atomic E-state index is 13.4. The van der Waals surface area contributed by atoms with Gasteiger partial charge in [-0.1, -0.05) is 49.3 Å². The summed E-state index contributed by atoms with van der Waals surface area (Å²) in [4.78, 5) is 26.8. The van der Waals surface area contributed by atoms with Crippen LogP contribution in [0, 0.1) is 13.8 Å². The molecule has 1 N–H and O–H groups in total. The van der Waals surface area contributed by atoms with Crippen molar-refractivity contribution in [3.05, 3.63) is 69.7 Å². The van der Waals surface area contributed by atoms with E-state index in [0.717, 1.165) is 28.8 Å². The van der Waals surface area contributed by atoms with E-state index in [1.54, 1.807) is 14.0 Å². The number of ether oxygens (including phenoxy) is 1. The molecule has 2 aromatic carbocycles. The highest BCUT2D eigenvalue weighted by atomic mass is 16.5. The molecule has 4 rings (SSSR count). The average molecular weight is 461 g/mol. The van der Waals surface area contributed by atoms with E-state index in [1.807, 2.05) is 63.2 Å². The quantitative estimate of drug-likeness (QED) is 0.424. The summed E-state index contributed by atoms with van der Waals surface area (Å²) in [6.45, 7) is 7.57. The van der Waals surface area contributed by atoms with Gasteiger partial charge in [0.15, 0.2) is 5.52 Å². The summed E-state index contributed by atoms with van der Waals surface area (Å²) >= 11 is 0. The molecule has 0 saturated carbocycles. The van der Waals surface area contributed by atoms with E-state index in [2.05, 4.69) is 15.6 Å². The molecular weight excluding hydrogens is 432 g/mol. The van der Waals surface area contributed by atoms with Crippen molar-refractivity contribution >= 4 is 22.5 Å². The Morgan fingerprint density at radius 2 is 1.94 bits per heavy atom. The van der Waals surface area contributed by atoms with Crippen LogP contribution in [-0.2, 0) is 11.2 Å². The molecule has 0 unspecified atom stereocenters. The maximum Gasteiger partial charge on any atom is 0.297 e. The number of carbonyl (C=O) groups excluding carboxylic acids is 1. The van der Waals surface area contributed by atoms with Crippen LogP contribution >= 0.6 is 0 Å². The average Bonchev–Trinajstić information content (AvgIpc) is 3.24. The molecule has 0 radical (unpaired) electrons. The second-order valence-electron chi connectivity index (χ2n) is 8.17. The van der Waals surface area contributed by atoms with E-state index >= 15 is 0 Å². The number of aryl methyl sites for hydroxylation is 3. The van der Waals surface area contributed by atoms with Gasteiger partial charge in [-0.05, 0) is 49.9 Å². The molecule has 0 aliphatic heterocycles. The van der Waals surface area contributed by atoms with Crippen LogP contribution in [0.5, 0.6) is 5.75 Å². The molecule has 0 spiro atoms. The predicted molar refractivity (Wildman–Crippen MR) is 131 cm³/mol. The summed E-state index contributed by atoms with van der Waals surface area (Å²) in [6, 6.07) is 12.4. The number of carbonyl (C=O) groups is 1. The number of para-hydroxylation sites is 1. The lowest BCUT2D eigenvalue weighted by molar-refractivity contribution is -0.119. The zero-order valence-electron chi connectivity index (χ0n) is 20.0. The smallest absolute Gasteiger partial charge is 0.297 e. The zero-order chi connectivity index (χ0) is 24.4. The Morgan fingerprint density at radius 3 is 2.65 bits per heavy atom. The minimum Gasteiger partial charge on any atom is -0.497 e. The highest BCUT2D eigenvalue weighted by Crippen LogP contribution is 2.30. The second-order valence-corrected chi connectivity index (χ2v) is 8.17. The summed E-state index contributed by atoms with van der Waals surface area (Å²) in [5.74, 6) is 0.822. The van der Waals surface area contributed by atoms with Crippen LogP contribution in [-0.4, -0.2) is 28.0 Å². The highest BCUT2D eigenvalue weighted by Gasteiger charge is 2.27. The van der Waals surface area contributed by atoms with E-state index in [1.165, 1.54) is 4.68 Å². The largest absolute Gasteiger partial charge is 0.497 e. The third kappa shape index (κ3) is 4.07. The van der Waals surface area contributed by atoms with Gasteiger partial charge in [0.25, 0.3) is 5.56 Å². The Hall–Kier alpha value is -3.94. The first-order chi connectivity index (χ1) is 16.4. The molecule has 0 fully saturated rings. The Balaban J connectivity index is 1.85. The van der Waals surface area contributed by atoms with Gasteiger partial charge in [0.05, 0.1) is 12.5 Å². The molecule has 0 bridgehead atoms. The van der Waals surface area contributed by atoms with E-state index in [0.29, 0.717) is 29.0 Å². The van der Waals surface area contributed by atoms with Gasteiger partial charge >= 0.3 is 0 Å². The Kier molecular flexibility index (Phi) is 6.49. The van der Waals surface area contributed by atoms with Crippen molar-refractivity contribution in [2.24, 2.45) is 0 Å². The van der Waals surface area contributed by atoms with Gasteiger partial charge in [-0.15, -0.1) is 0 Å². The predicted octanol–water partition coefficient (Wildman–Crippen LogP) is 4.83. The number of nitrogens with zero attached hydrogens (tertiary/aromatic N) is 3. The van der Waals surface area contributed by atoms with Gasteiger partial charge < -0.3 is 14.6 Å². The Labute approximate surface area is 197 Å². The first-order valence-electron chi connectivity index (χ1n) is 11.3. The van der Waals surface area contributed by atoms with Gasteiger partial charge in [-0.2, -0.15) is 5.10 Å². The highest BCUT2D eigenvalue weighted by molar-refractivity contribution is 5.96. The number of hydrogen-bond acceptors (Lipinski definition) is 6. The molecule has 1 amide bonds. The van der Waals surface area contributed by atoms with Crippen molar-refractivity contribution in [1.29, 1.82) is 0 Å². The van der Waals surface area contributed by atoms with E-state index in [4.69, 9.17) is 9.26 Å². The normalized spacial score (nSPS) is 12.0. The third-order valence-corrected chi connectivity index (χ3v) is 6.03. The second kappa shape index (κ2) is 9.51. The van der Waals surface area contributed by atoms with Gasteiger partial charge in [-0.25, -0.2) is 4.68 Å². The number of fused-ring (bicyclic) bond motifs is 1. The molecule has 0 saturated heterocycles. The lowest BCUT2D eigenvalue weighted by Gasteiger charge is -2.20. The van der Waals surface area contributed by atoms with Crippen LogP contribution in [0.25, 0.3) is 22.2 Å². The fourth-order valence-electron chi connectivity index (χ4n) is 4.17. The van der Waals surface area contributed by atoms with E-state index in [-0.39, 0.29) is 11.4 Å².